The molecule has 2 aromatic carbocycles. The zero-order chi connectivity index (χ0) is 20.7. The normalized spacial score (nSPS) is 16.2. The molecule has 6 heteroatoms. The fraction of sp³-hybridized carbons (Fsp3) is 0.333. The van der Waals surface area contributed by atoms with Crippen molar-refractivity contribution in [2.24, 2.45) is 5.92 Å². The van der Waals surface area contributed by atoms with Crippen molar-refractivity contribution in [3.63, 3.8) is 0 Å². The van der Waals surface area contributed by atoms with Gasteiger partial charge in [-0.15, -0.1) is 0 Å². The van der Waals surface area contributed by atoms with E-state index in [0.717, 1.165) is 65.2 Å². The molecule has 0 saturated carbocycles. The third-order valence-electron chi connectivity index (χ3n) is 6.17. The van der Waals surface area contributed by atoms with Gasteiger partial charge in [-0.1, -0.05) is 41.6 Å². The molecule has 2 aromatic heterocycles. The molecule has 1 fully saturated rings. The largest absolute Gasteiger partial charge is 0.381 e. The highest BCUT2D eigenvalue weighted by Gasteiger charge is 2.29. The Balaban J connectivity index is 1.71. The number of fused-ring (bicyclic) bond motifs is 1. The molecule has 5 rings (SSSR count). The Bertz CT molecular complexity index is 1210. The Kier molecular flexibility index (Phi) is 4.79. The molecule has 0 radical (unpaired) electrons. The van der Waals surface area contributed by atoms with Crippen LogP contribution in [0, 0.1) is 19.8 Å². The molecule has 0 amide bonds. The Morgan fingerprint density at radius 1 is 1.10 bits per heavy atom. The maximum atomic E-state index is 13.2. The van der Waals surface area contributed by atoms with Crippen molar-refractivity contribution >= 4 is 11.0 Å². The molecule has 0 spiro atoms. The van der Waals surface area contributed by atoms with Gasteiger partial charge in [-0.2, -0.15) is 0 Å². The van der Waals surface area contributed by atoms with E-state index >= 15 is 0 Å². The molecule has 0 aliphatic carbocycles. The predicted molar refractivity (Wildman–Crippen MR) is 116 cm³/mol. The minimum atomic E-state index is -0.0822. The number of H-pyrrole nitrogens is 1. The summed E-state index contributed by atoms with van der Waals surface area (Å²) in [6.45, 7) is 5.32. The molecule has 154 valence electrons. The summed E-state index contributed by atoms with van der Waals surface area (Å²) in [6.07, 6.45) is 1.87. The zero-order valence-electron chi connectivity index (χ0n) is 17.2. The smallest absolute Gasteiger partial charge is 0.327 e. The number of nitrogens with zero attached hydrogens (tertiary/aromatic N) is 2. The molecule has 3 heterocycles. The molecule has 1 atom stereocenters. The highest BCUT2D eigenvalue weighted by molar-refractivity contribution is 5.83. The van der Waals surface area contributed by atoms with Crippen LogP contribution in [0.3, 0.4) is 0 Å². The quantitative estimate of drug-likeness (QED) is 0.540. The average Bonchev–Trinajstić information content (AvgIpc) is 3.28. The number of nitrogens with one attached hydrogen (secondary N) is 1. The van der Waals surface area contributed by atoms with E-state index in [-0.39, 0.29) is 11.7 Å². The van der Waals surface area contributed by atoms with E-state index in [1.807, 2.05) is 48.7 Å². The molecule has 1 aliphatic rings. The lowest BCUT2D eigenvalue weighted by Gasteiger charge is -2.31. The van der Waals surface area contributed by atoms with Crippen molar-refractivity contribution in [1.29, 1.82) is 0 Å². The van der Waals surface area contributed by atoms with Gasteiger partial charge in [0.15, 0.2) is 0 Å². The van der Waals surface area contributed by atoms with Crippen molar-refractivity contribution in [3.8, 4) is 11.1 Å². The molecule has 30 heavy (non-hydrogen) atoms. The molecule has 1 unspecified atom stereocenters. The van der Waals surface area contributed by atoms with Crippen LogP contribution < -0.4 is 5.69 Å². The number of hydrogen-bond acceptors (Lipinski definition) is 4. The van der Waals surface area contributed by atoms with Crippen LogP contribution in [-0.4, -0.2) is 27.9 Å². The molecular formula is C24H25N3O3. The summed E-state index contributed by atoms with van der Waals surface area (Å²) in [7, 11) is 0. The first kappa shape index (κ1) is 18.9. The second kappa shape index (κ2) is 7.61. The van der Waals surface area contributed by atoms with Crippen LogP contribution in [0.25, 0.3) is 22.2 Å². The number of ether oxygens (including phenoxy) is 1. The summed E-state index contributed by atoms with van der Waals surface area (Å²) in [6, 6.07) is 16.3. The van der Waals surface area contributed by atoms with Gasteiger partial charge in [0.2, 0.25) is 0 Å². The monoisotopic (exact) mass is 403 g/mol. The van der Waals surface area contributed by atoms with E-state index in [4.69, 9.17) is 9.26 Å². The van der Waals surface area contributed by atoms with Crippen LogP contribution >= 0.6 is 0 Å². The molecule has 4 aromatic rings. The molecule has 1 saturated heterocycles. The van der Waals surface area contributed by atoms with Crippen molar-refractivity contribution in [1.82, 2.24) is 14.7 Å². The second-order valence-corrected chi connectivity index (χ2v) is 8.04. The maximum Gasteiger partial charge on any atom is 0.327 e. The highest BCUT2D eigenvalue weighted by Crippen LogP contribution is 2.36. The average molecular weight is 403 g/mol. The van der Waals surface area contributed by atoms with Gasteiger partial charge in [0.1, 0.15) is 5.76 Å². The summed E-state index contributed by atoms with van der Waals surface area (Å²) < 4.78 is 12.9. The molecule has 1 N–H and O–H groups in total. The van der Waals surface area contributed by atoms with Crippen LogP contribution in [0.4, 0.5) is 0 Å². The highest BCUT2D eigenvalue weighted by atomic mass is 16.5. The SMILES string of the molecule is Cc1noc(C)c1-c1ccc2[nH]c(=O)n(C(c3ccccc3)C3CCOCC3)c2c1. The van der Waals surface area contributed by atoms with Crippen molar-refractivity contribution in [2.75, 3.05) is 13.2 Å². The number of aromatic nitrogens is 3. The standard InChI is InChI=1S/C24H25N3O3/c1-15-22(16(2)30-26-15)19-8-9-20-21(14-19)27(24(28)25-20)23(17-6-4-3-5-7-17)18-10-12-29-13-11-18/h3-9,14,18,23H,10-13H2,1-2H3,(H,25,28). The first-order valence-corrected chi connectivity index (χ1v) is 10.4. The Labute approximate surface area is 174 Å². The van der Waals surface area contributed by atoms with Gasteiger partial charge in [0, 0.05) is 18.8 Å². The summed E-state index contributed by atoms with van der Waals surface area (Å²) >= 11 is 0. The third kappa shape index (κ3) is 3.17. The van der Waals surface area contributed by atoms with Gasteiger partial charge < -0.3 is 14.2 Å². The van der Waals surface area contributed by atoms with Crippen LogP contribution in [0.15, 0.2) is 57.8 Å². The van der Waals surface area contributed by atoms with Crippen LogP contribution in [0.1, 0.15) is 35.9 Å². The Morgan fingerprint density at radius 2 is 1.87 bits per heavy atom. The lowest BCUT2D eigenvalue weighted by molar-refractivity contribution is 0.0544. The molecule has 0 bridgehead atoms. The van der Waals surface area contributed by atoms with Crippen molar-refractivity contribution < 1.29 is 9.26 Å². The first-order chi connectivity index (χ1) is 14.6. The fourth-order valence-corrected chi connectivity index (χ4v) is 4.76. The second-order valence-electron chi connectivity index (χ2n) is 8.04. The topological polar surface area (TPSA) is 73.0 Å². The predicted octanol–water partition coefficient (Wildman–Crippen LogP) is 4.62. The molecule has 6 nitrogen and oxygen atoms in total. The van der Waals surface area contributed by atoms with E-state index in [1.54, 1.807) is 0 Å². The van der Waals surface area contributed by atoms with Crippen molar-refractivity contribution in [2.45, 2.75) is 32.7 Å². The van der Waals surface area contributed by atoms with E-state index in [9.17, 15) is 4.79 Å². The number of aromatic amines is 1. The number of benzene rings is 2. The van der Waals surface area contributed by atoms with E-state index in [1.165, 1.54) is 0 Å². The van der Waals surface area contributed by atoms with Crippen molar-refractivity contribution in [3.05, 3.63) is 76.0 Å². The van der Waals surface area contributed by atoms with E-state index < -0.39 is 0 Å². The summed E-state index contributed by atoms with van der Waals surface area (Å²) in [5.74, 6) is 1.11. The van der Waals surface area contributed by atoms with Gasteiger partial charge in [-0.3, -0.25) is 4.57 Å². The summed E-state index contributed by atoms with van der Waals surface area (Å²) in [5.41, 5.74) is 5.64. The third-order valence-corrected chi connectivity index (χ3v) is 6.17. The lowest BCUT2D eigenvalue weighted by Crippen LogP contribution is -2.32. The molecular weight excluding hydrogens is 378 g/mol. The van der Waals surface area contributed by atoms with E-state index in [2.05, 4.69) is 28.3 Å². The molecule has 1 aliphatic heterocycles. The van der Waals surface area contributed by atoms with Crippen LogP contribution in [-0.2, 0) is 4.74 Å². The lowest BCUT2D eigenvalue weighted by atomic mass is 9.86. The minimum absolute atomic E-state index is 0.0451. The fourth-order valence-electron chi connectivity index (χ4n) is 4.76. The van der Waals surface area contributed by atoms with Gasteiger partial charge in [-0.25, -0.2) is 4.79 Å². The summed E-state index contributed by atoms with van der Waals surface area (Å²) in [5, 5.41) is 4.09. The first-order valence-electron chi connectivity index (χ1n) is 10.4. The maximum absolute atomic E-state index is 13.2. The summed E-state index contributed by atoms with van der Waals surface area (Å²) in [4.78, 5) is 16.2. The van der Waals surface area contributed by atoms with Crippen LogP contribution in [0.2, 0.25) is 0 Å². The minimum Gasteiger partial charge on any atom is -0.381 e. The van der Waals surface area contributed by atoms with Gasteiger partial charge in [-0.05, 0) is 55.9 Å². The van der Waals surface area contributed by atoms with Gasteiger partial charge in [0.05, 0.1) is 22.8 Å². The number of aryl methyl sites for hydroxylation is 2. The van der Waals surface area contributed by atoms with Crippen LogP contribution in [0.5, 0.6) is 0 Å². The van der Waals surface area contributed by atoms with Gasteiger partial charge in [0.25, 0.3) is 0 Å². The number of imidazole rings is 1. The van der Waals surface area contributed by atoms with Gasteiger partial charge >= 0.3 is 5.69 Å². The number of hydrogen-bond donors (Lipinski definition) is 1. The zero-order valence-corrected chi connectivity index (χ0v) is 17.2. The Hall–Kier alpha value is -3.12. The number of rotatable bonds is 4. The van der Waals surface area contributed by atoms with E-state index in [0.29, 0.717) is 5.92 Å². The Morgan fingerprint density at radius 3 is 2.57 bits per heavy atom.